The van der Waals surface area contributed by atoms with E-state index in [9.17, 15) is 4.79 Å². The smallest absolute Gasteiger partial charge is 0.273 e. The summed E-state index contributed by atoms with van der Waals surface area (Å²) in [6, 6.07) is 6.83. The van der Waals surface area contributed by atoms with E-state index in [4.69, 9.17) is 15.0 Å². The SMILES string of the molecule is COc1ccc(N)cc1CNC(=O)c1cc(C)on1. The minimum absolute atomic E-state index is 0.250. The highest BCUT2D eigenvalue weighted by Gasteiger charge is 2.11. The van der Waals surface area contributed by atoms with Gasteiger partial charge in [-0.15, -0.1) is 0 Å². The second-order valence-corrected chi connectivity index (χ2v) is 4.08. The number of hydrogen-bond donors (Lipinski definition) is 2. The van der Waals surface area contributed by atoms with Crippen molar-refractivity contribution in [2.24, 2.45) is 0 Å². The lowest BCUT2D eigenvalue weighted by Crippen LogP contribution is -2.23. The number of carbonyl (C=O) groups is 1. The van der Waals surface area contributed by atoms with Crippen LogP contribution in [0.15, 0.2) is 28.8 Å². The summed E-state index contributed by atoms with van der Waals surface area (Å²) in [4.78, 5) is 11.8. The first-order valence-corrected chi connectivity index (χ1v) is 5.74. The number of benzene rings is 1. The second-order valence-electron chi connectivity index (χ2n) is 4.08. The predicted octanol–water partition coefficient (Wildman–Crippen LogP) is 1.50. The number of nitrogens with one attached hydrogen (secondary N) is 1. The van der Waals surface area contributed by atoms with Crippen LogP contribution in [0.5, 0.6) is 5.75 Å². The van der Waals surface area contributed by atoms with Gasteiger partial charge in [-0.25, -0.2) is 0 Å². The van der Waals surface area contributed by atoms with Crippen LogP contribution in [0.25, 0.3) is 0 Å². The Bertz CT molecular complexity index is 593. The number of amides is 1. The van der Waals surface area contributed by atoms with E-state index in [0.717, 1.165) is 5.56 Å². The van der Waals surface area contributed by atoms with Gasteiger partial charge in [0.05, 0.1) is 7.11 Å². The summed E-state index contributed by atoms with van der Waals surface area (Å²) >= 11 is 0. The molecular formula is C13H15N3O3. The van der Waals surface area contributed by atoms with Gasteiger partial charge in [-0.05, 0) is 25.1 Å². The number of rotatable bonds is 4. The van der Waals surface area contributed by atoms with E-state index >= 15 is 0 Å². The van der Waals surface area contributed by atoms with E-state index < -0.39 is 0 Å². The molecule has 2 aromatic rings. The van der Waals surface area contributed by atoms with E-state index in [0.29, 0.717) is 23.7 Å². The molecule has 1 amide bonds. The maximum Gasteiger partial charge on any atom is 0.273 e. The number of nitrogens with two attached hydrogens (primary N) is 1. The molecule has 0 spiro atoms. The van der Waals surface area contributed by atoms with Gasteiger partial charge in [0.2, 0.25) is 0 Å². The van der Waals surface area contributed by atoms with E-state index in [1.807, 2.05) is 0 Å². The number of nitrogen functional groups attached to an aromatic ring is 1. The van der Waals surface area contributed by atoms with Crippen LogP contribution in [0.4, 0.5) is 5.69 Å². The quantitative estimate of drug-likeness (QED) is 0.814. The molecule has 2 rings (SSSR count). The molecule has 0 aliphatic rings. The average molecular weight is 261 g/mol. The lowest BCUT2D eigenvalue weighted by molar-refractivity contribution is 0.0941. The summed E-state index contributed by atoms with van der Waals surface area (Å²) in [6.07, 6.45) is 0. The number of carbonyl (C=O) groups excluding carboxylic acids is 1. The highest BCUT2D eigenvalue weighted by molar-refractivity contribution is 5.92. The summed E-state index contributed by atoms with van der Waals surface area (Å²) in [5.41, 5.74) is 7.37. The van der Waals surface area contributed by atoms with Crippen molar-refractivity contribution in [1.29, 1.82) is 0 Å². The normalized spacial score (nSPS) is 10.2. The van der Waals surface area contributed by atoms with E-state index in [1.54, 1.807) is 38.3 Å². The molecule has 0 bridgehead atoms. The number of methoxy groups -OCH3 is 1. The number of anilines is 1. The minimum atomic E-state index is -0.304. The summed E-state index contributed by atoms with van der Waals surface area (Å²) in [7, 11) is 1.57. The monoisotopic (exact) mass is 261 g/mol. The molecule has 0 radical (unpaired) electrons. The van der Waals surface area contributed by atoms with Crippen molar-refractivity contribution in [1.82, 2.24) is 10.5 Å². The predicted molar refractivity (Wildman–Crippen MR) is 69.8 cm³/mol. The van der Waals surface area contributed by atoms with Crippen molar-refractivity contribution in [3.63, 3.8) is 0 Å². The number of hydrogen-bond acceptors (Lipinski definition) is 5. The Hall–Kier alpha value is -2.50. The van der Waals surface area contributed by atoms with Gasteiger partial charge < -0.3 is 20.3 Å². The Morgan fingerprint density at radius 2 is 2.26 bits per heavy atom. The fourth-order valence-corrected chi connectivity index (χ4v) is 1.68. The molecular weight excluding hydrogens is 246 g/mol. The Morgan fingerprint density at radius 1 is 1.47 bits per heavy atom. The van der Waals surface area contributed by atoms with Crippen LogP contribution in [-0.2, 0) is 6.54 Å². The van der Waals surface area contributed by atoms with Crippen molar-refractivity contribution in [2.75, 3.05) is 12.8 Å². The molecule has 100 valence electrons. The second kappa shape index (κ2) is 5.43. The zero-order valence-corrected chi connectivity index (χ0v) is 10.8. The number of ether oxygens (including phenoxy) is 1. The first kappa shape index (κ1) is 12.9. The molecule has 0 aliphatic heterocycles. The average Bonchev–Trinajstić information content (AvgIpc) is 2.83. The Labute approximate surface area is 110 Å². The molecule has 19 heavy (non-hydrogen) atoms. The van der Waals surface area contributed by atoms with Crippen molar-refractivity contribution in [2.45, 2.75) is 13.5 Å². The third-order valence-electron chi connectivity index (χ3n) is 2.60. The zero-order chi connectivity index (χ0) is 13.8. The molecule has 1 heterocycles. The zero-order valence-electron chi connectivity index (χ0n) is 10.8. The largest absolute Gasteiger partial charge is 0.496 e. The Balaban J connectivity index is 2.06. The first-order valence-electron chi connectivity index (χ1n) is 5.74. The van der Waals surface area contributed by atoms with Crippen LogP contribution in [0.1, 0.15) is 21.8 Å². The van der Waals surface area contributed by atoms with Gasteiger partial charge in [0.1, 0.15) is 11.5 Å². The number of aryl methyl sites for hydroxylation is 1. The molecule has 6 heteroatoms. The molecule has 0 saturated carbocycles. The van der Waals surface area contributed by atoms with Gasteiger partial charge >= 0.3 is 0 Å². The van der Waals surface area contributed by atoms with Gasteiger partial charge in [0, 0.05) is 23.9 Å². The molecule has 3 N–H and O–H groups in total. The summed E-state index contributed by atoms with van der Waals surface area (Å²) in [6.45, 7) is 2.03. The van der Waals surface area contributed by atoms with Crippen LogP contribution in [0, 0.1) is 6.92 Å². The molecule has 6 nitrogen and oxygen atoms in total. The molecule has 0 unspecified atom stereocenters. The summed E-state index contributed by atoms with van der Waals surface area (Å²) < 4.78 is 10.0. The van der Waals surface area contributed by atoms with Gasteiger partial charge in [0.25, 0.3) is 5.91 Å². The van der Waals surface area contributed by atoms with Gasteiger partial charge in [0.15, 0.2) is 5.69 Å². The lowest BCUT2D eigenvalue weighted by atomic mass is 10.1. The summed E-state index contributed by atoms with van der Waals surface area (Å²) in [5.74, 6) is 0.957. The van der Waals surface area contributed by atoms with E-state index in [-0.39, 0.29) is 11.6 Å². The summed E-state index contributed by atoms with van der Waals surface area (Å²) in [5, 5.41) is 6.38. The van der Waals surface area contributed by atoms with Crippen molar-refractivity contribution in [3.05, 3.63) is 41.3 Å². The molecule has 0 aliphatic carbocycles. The molecule has 1 aromatic carbocycles. The number of aromatic nitrogens is 1. The standard InChI is InChI=1S/C13H15N3O3/c1-8-5-11(16-19-8)13(17)15-7-9-6-10(14)3-4-12(9)18-2/h3-6H,7,14H2,1-2H3,(H,15,17). The fourth-order valence-electron chi connectivity index (χ4n) is 1.68. The van der Waals surface area contributed by atoms with Crippen LogP contribution >= 0.6 is 0 Å². The van der Waals surface area contributed by atoms with Gasteiger partial charge in [-0.1, -0.05) is 5.16 Å². The Kier molecular flexibility index (Phi) is 3.70. The number of nitrogens with zero attached hydrogens (tertiary/aromatic N) is 1. The lowest BCUT2D eigenvalue weighted by Gasteiger charge is -2.09. The van der Waals surface area contributed by atoms with Crippen molar-refractivity contribution >= 4 is 11.6 Å². The van der Waals surface area contributed by atoms with Gasteiger partial charge in [-0.3, -0.25) is 4.79 Å². The highest BCUT2D eigenvalue weighted by Crippen LogP contribution is 2.20. The van der Waals surface area contributed by atoms with Crippen molar-refractivity contribution in [3.8, 4) is 5.75 Å². The third-order valence-corrected chi connectivity index (χ3v) is 2.60. The maximum absolute atomic E-state index is 11.8. The van der Waals surface area contributed by atoms with Gasteiger partial charge in [-0.2, -0.15) is 0 Å². The highest BCUT2D eigenvalue weighted by atomic mass is 16.5. The minimum Gasteiger partial charge on any atom is -0.496 e. The first-order chi connectivity index (χ1) is 9.10. The maximum atomic E-state index is 11.8. The van der Waals surface area contributed by atoms with Crippen LogP contribution in [0.2, 0.25) is 0 Å². The van der Waals surface area contributed by atoms with E-state index in [1.165, 1.54) is 0 Å². The van der Waals surface area contributed by atoms with Crippen LogP contribution in [-0.4, -0.2) is 18.2 Å². The molecule has 0 fully saturated rings. The topological polar surface area (TPSA) is 90.4 Å². The molecule has 1 aromatic heterocycles. The van der Waals surface area contributed by atoms with E-state index in [2.05, 4.69) is 10.5 Å². The molecule has 0 saturated heterocycles. The molecule has 0 atom stereocenters. The third kappa shape index (κ3) is 3.04. The van der Waals surface area contributed by atoms with Crippen molar-refractivity contribution < 1.29 is 14.1 Å². The van der Waals surface area contributed by atoms with Crippen LogP contribution in [0.3, 0.4) is 0 Å². The fraction of sp³-hybridized carbons (Fsp3) is 0.231. The van der Waals surface area contributed by atoms with Crippen LogP contribution < -0.4 is 15.8 Å². The Morgan fingerprint density at radius 3 is 2.89 bits per heavy atom.